The molecule has 0 unspecified atom stereocenters. The van der Waals surface area contributed by atoms with Crippen LogP contribution < -0.4 is 5.32 Å². The van der Waals surface area contributed by atoms with E-state index in [0.717, 1.165) is 30.4 Å². The van der Waals surface area contributed by atoms with Crippen LogP contribution in [0.25, 0.3) is 0 Å². The fourth-order valence-corrected chi connectivity index (χ4v) is 3.82. The lowest BCUT2D eigenvalue weighted by Gasteiger charge is -2.28. The van der Waals surface area contributed by atoms with Gasteiger partial charge in [-0.15, -0.1) is 0 Å². The van der Waals surface area contributed by atoms with Gasteiger partial charge in [-0.3, -0.25) is 4.79 Å². The van der Waals surface area contributed by atoms with Crippen molar-refractivity contribution in [1.29, 1.82) is 0 Å². The van der Waals surface area contributed by atoms with Crippen molar-refractivity contribution in [2.24, 2.45) is 5.92 Å². The van der Waals surface area contributed by atoms with E-state index < -0.39 is 0 Å². The number of aromatic hydroxyl groups is 1. The first kappa shape index (κ1) is 20.8. The van der Waals surface area contributed by atoms with Crippen LogP contribution in [0.1, 0.15) is 90.3 Å². The molecule has 1 amide bonds. The van der Waals surface area contributed by atoms with Gasteiger partial charge in [0.25, 0.3) is 0 Å². The van der Waals surface area contributed by atoms with Crippen molar-refractivity contribution >= 4 is 5.91 Å². The number of carbonyl (C=O) groups is 1. The van der Waals surface area contributed by atoms with E-state index in [1.807, 2.05) is 0 Å². The summed E-state index contributed by atoms with van der Waals surface area (Å²) in [5, 5.41) is 13.9. The Hall–Kier alpha value is -1.51. The van der Waals surface area contributed by atoms with Gasteiger partial charge < -0.3 is 10.4 Å². The highest BCUT2D eigenvalue weighted by Crippen LogP contribution is 2.39. The van der Waals surface area contributed by atoms with Crippen LogP contribution in [0.5, 0.6) is 5.75 Å². The number of amides is 1. The van der Waals surface area contributed by atoms with Gasteiger partial charge in [-0.1, -0.05) is 72.9 Å². The summed E-state index contributed by atoms with van der Waals surface area (Å²) < 4.78 is 0. The third-order valence-electron chi connectivity index (χ3n) is 5.47. The van der Waals surface area contributed by atoms with Crippen molar-refractivity contribution in [2.45, 2.75) is 90.9 Å². The topological polar surface area (TPSA) is 49.3 Å². The molecule has 0 atom stereocenters. The Bertz CT molecular complexity index is 594. The quantitative estimate of drug-likeness (QED) is 0.770. The summed E-state index contributed by atoms with van der Waals surface area (Å²) >= 11 is 0. The number of hydrogen-bond donors (Lipinski definition) is 2. The summed E-state index contributed by atoms with van der Waals surface area (Å²) in [7, 11) is 0. The third kappa shape index (κ3) is 5.25. The summed E-state index contributed by atoms with van der Waals surface area (Å²) in [6, 6.07) is 4.22. The normalized spacial score (nSPS) is 16.5. The lowest BCUT2D eigenvalue weighted by atomic mass is 9.78. The molecule has 146 valence electrons. The number of nitrogens with one attached hydrogen (secondary N) is 1. The van der Waals surface area contributed by atoms with E-state index in [4.69, 9.17) is 0 Å². The Kier molecular flexibility index (Phi) is 6.42. The smallest absolute Gasteiger partial charge is 0.223 e. The van der Waals surface area contributed by atoms with Crippen molar-refractivity contribution in [3.8, 4) is 5.75 Å². The number of carbonyl (C=O) groups excluding carboxylic acids is 1. The molecule has 1 saturated carbocycles. The van der Waals surface area contributed by atoms with Crippen molar-refractivity contribution in [3.63, 3.8) is 0 Å². The molecular weight excluding hydrogens is 326 g/mol. The second-order valence-electron chi connectivity index (χ2n) is 9.92. The van der Waals surface area contributed by atoms with Crippen LogP contribution in [-0.4, -0.2) is 17.6 Å². The molecule has 1 aromatic carbocycles. The third-order valence-corrected chi connectivity index (χ3v) is 5.47. The molecule has 2 rings (SSSR count). The monoisotopic (exact) mass is 363 g/mol. The minimum absolute atomic E-state index is 0.120. The van der Waals surface area contributed by atoms with Crippen LogP contribution in [0.15, 0.2) is 12.1 Å². The van der Waals surface area contributed by atoms with Gasteiger partial charge in [-0.25, -0.2) is 0 Å². The molecule has 0 aromatic heterocycles. The zero-order chi connectivity index (χ0) is 19.5. The standard InChI is InChI=1S/C23H37NO2/c1-22(2,3)18-14-16(15-19(20(18)25)23(4,5)6)12-13-24-21(26)17-10-8-7-9-11-17/h14-15,17,25H,7-13H2,1-6H3,(H,24,26)/i13+2,21+2. The van der Waals surface area contributed by atoms with Crippen molar-refractivity contribution in [3.05, 3.63) is 28.8 Å². The summed E-state index contributed by atoms with van der Waals surface area (Å²) in [4.78, 5) is 12.3. The number of benzene rings is 1. The Morgan fingerprint density at radius 3 is 2.00 bits per heavy atom. The fourth-order valence-electron chi connectivity index (χ4n) is 3.82. The zero-order valence-electron chi connectivity index (χ0n) is 17.5. The maximum absolute atomic E-state index is 12.3. The molecule has 26 heavy (non-hydrogen) atoms. The first-order chi connectivity index (χ1) is 12.0. The predicted molar refractivity (Wildman–Crippen MR) is 109 cm³/mol. The maximum atomic E-state index is 12.3. The van der Waals surface area contributed by atoms with Crippen molar-refractivity contribution in [2.75, 3.05) is 6.54 Å². The van der Waals surface area contributed by atoms with E-state index in [1.54, 1.807) is 0 Å². The van der Waals surface area contributed by atoms with Gasteiger partial charge in [-0.05, 0) is 46.8 Å². The molecule has 1 aliphatic carbocycles. The zero-order valence-corrected chi connectivity index (χ0v) is 17.5. The Balaban J connectivity index is 2.12. The lowest BCUT2D eigenvalue weighted by Crippen LogP contribution is -2.33. The molecule has 2 N–H and O–H groups in total. The molecule has 3 heteroatoms. The molecule has 0 spiro atoms. The number of phenols is 1. The average Bonchev–Trinajstić information content (AvgIpc) is 2.54. The Labute approximate surface area is 159 Å². The van der Waals surface area contributed by atoms with Gasteiger partial charge in [0.15, 0.2) is 0 Å². The number of hydrogen-bond acceptors (Lipinski definition) is 2. The molecule has 0 saturated heterocycles. The molecule has 0 heterocycles. The second-order valence-corrected chi connectivity index (χ2v) is 9.92. The first-order valence-corrected chi connectivity index (χ1v) is 10.1. The summed E-state index contributed by atoms with van der Waals surface area (Å²) in [6.07, 6.45) is 6.49. The van der Waals surface area contributed by atoms with Crippen LogP contribution in [-0.2, 0) is 22.0 Å². The molecule has 0 bridgehead atoms. The average molecular weight is 364 g/mol. The van der Waals surface area contributed by atoms with E-state index >= 15 is 0 Å². The highest BCUT2D eigenvalue weighted by Gasteiger charge is 2.26. The highest BCUT2D eigenvalue weighted by atomic mass is 16.3. The van der Waals surface area contributed by atoms with Gasteiger partial charge >= 0.3 is 0 Å². The van der Waals surface area contributed by atoms with Gasteiger partial charge in [0, 0.05) is 12.5 Å². The minimum atomic E-state index is -0.120. The minimum Gasteiger partial charge on any atom is -0.507 e. The Morgan fingerprint density at radius 2 is 1.54 bits per heavy atom. The van der Waals surface area contributed by atoms with Gasteiger partial charge in [0.2, 0.25) is 5.91 Å². The predicted octanol–water partition coefficient (Wildman–Crippen LogP) is 5.23. The molecule has 1 fully saturated rings. The highest BCUT2D eigenvalue weighted by molar-refractivity contribution is 5.78. The first-order valence-electron chi connectivity index (χ1n) is 10.1. The van der Waals surface area contributed by atoms with Crippen LogP contribution >= 0.6 is 0 Å². The van der Waals surface area contributed by atoms with E-state index in [1.165, 1.54) is 24.8 Å². The fraction of sp³-hybridized carbons (Fsp3) is 0.696. The van der Waals surface area contributed by atoms with Gasteiger partial charge in [0.1, 0.15) is 5.75 Å². The summed E-state index contributed by atoms with van der Waals surface area (Å²) in [5.74, 6) is 0.842. The molecule has 0 radical (unpaired) electrons. The van der Waals surface area contributed by atoms with E-state index in [0.29, 0.717) is 12.3 Å². The summed E-state index contributed by atoms with van der Waals surface area (Å²) in [5.41, 5.74) is 2.91. The number of rotatable bonds is 4. The lowest BCUT2D eigenvalue weighted by molar-refractivity contribution is -0.125. The van der Waals surface area contributed by atoms with E-state index in [9.17, 15) is 9.90 Å². The SMILES string of the molecule is CC(C)(C)c1cc(C[14CH2]N[14C](=O)C2CCCCC2)cc(C(C)(C)C)c1O. The van der Waals surface area contributed by atoms with E-state index in [-0.39, 0.29) is 22.7 Å². The molecule has 3 nitrogen and oxygen atoms in total. The van der Waals surface area contributed by atoms with Gasteiger partial charge in [-0.2, -0.15) is 0 Å². The molecule has 0 aliphatic heterocycles. The largest absolute Gasteiger partial charge is 0.507 e. The summed E-state index contributed by atoms with van der Waals surface area (Å²) in [6.45, 7) is 13.4. The Morgan fingerprint density at radius 1 is 1.04 bits per heavy atom. The van der Waals surface area contributed by atoms with Crippen LogP contribution in [0, 0.1) is 5.92 Å². The molecular formula is C23H37NO2. The van der Waals surface area contributed by atoms with Crippen LogP contribution in [0.4, 0.5) is 0 Å². The molecule has 1 aliphatic rings. The maximum Gasteiger partial charge on any atom is 0.223 e. The second kappa shape index (κ2) is 8.02. The van der Waals surface area contributed by atoms with Crippen molar-refractivity contribution in [1.82, 2.24) is 5.32 Å². The van der Waals surface area contributed by atoms with Gasteiger partial charge in [0.05, 0.1) is 0 Å². The number of phenolic OH excluding ortho intramolecular Hbond substituents is 1. The molecule has 1 aromatic rings. The van der Waals surface area contributed by atoms with E-state index in [2.05, 4.69) is 59.0 Å². The van der Waals surface area contributed by atoms with Crippen LogP contribution in [0.2, 0.25) is 0 Å². The van der Waals surface area contributed by atoms with Crippen molar-refractivity contribution < 1.29 is 9.90 Å². The van der Waals surface area contributed by atoms with Crippen LogP contribution in [0.3, 0.4) is 0 Å².